The Hall–Kier alpha value is -2.41. The molecule has 2 aromatic rings. The normalized spacial score (nSPS) is 10.1. The Bertz CT molecular complexity index is 666. The van der Waals surface area contributed by atoms with Gasteiger partial charge in [-0.2, -0.15) is 0 Å². The highest BCUT2D eigenvalue weighted by molar-refractivity contribution is 5.91. The molecule has 0 aliphatic heterocycles. The summed E-state index contributed by atoms with van der Waals surface area (Å²) in [6, 6.07) is 7.11. The molecule has 0 fully saturated rings. The monoisotopic (exact) mass is 242 g/mol. The molecule has 18 heavy (non-hydrogen) atoms. The Kier molecular flexibility index (Phi) is 3.24. The number of hydrogen-bond acceptors (Lipinski definition) is 4. The number of terminal acetylenes is 1. The molecule has 0 unspecified atom stereocenters. The van der Waals surface area contributed by atoms with E-state index < -0.39 is 5.63 Å². The molecule has 92 valence electrons. The van der Waals surface area contributed by atoms with Gasteiger partial charge in [-0.05, 0) is 12.1 Å². The van der Waals surface area contributed by atoms with Gasteiger partial charge in [0, 0.05) is 37.3 Å². The largest absolute Gasteiger partial charge is 0.423 e. The van der Waals surface area contributed by atoms with Gasteiger partial charge < -0.3 is 14.6 Å². The molecule has 0 saturated heterocycles. The lowest BCUT2D eigenvalue weighted by Gasteiger charge is -2.13. The van der Waals surface area contributed by atoms with Crippen LogP contribution in [0.5, 0.6) is 0 Å². The van der Waals surface area contributed by atoms with Gasteiger partial charge >= 0.3 is 5.63 Å². The fourth-order valence-electron chi connectivity index (χ4n) is 1.72. The van der Waals surface area contributed by atoms with Gasteiger partial charge in [0.15, 0.2) is 0 Å². The van der Waals surface area contributed by atoms with Crippen LogP contribution in [0.1, 0.15) is 0 Å². The number of anilines is 2. The molecule has 0 aliphatic carbocycles. The highest BCUT2D eigenvalue weighted by Crippen LogP contribution is 2.25. The van der Waals surface area contributed by atoms with Gasteiger partial charge in [-0.15, -0.1) is 6.42 Å². The highest BCUT2D eigenvalue weighted by atomic mass is 16.4. The summed E-state index contributed by atoms with van der Waals surface area (Å²) in [4.78, 5) is 13.4. The van der Waals surface area contributed by atoms with Crippen molar-refractivity contribution in [3.8, 4) is 12.3 Å². The van der Waals surface area contributed by atoms with Crippen molar-refractivity contribution in [1.29, 1.82) is 0 Å². The van der Waals surface area contributed by atoms with Crippen molar-refractivity contribution in [3.05, 3.63) is 34.7 Å². The first-order valence-corrected chi connectivity index (χ1v) is 5.54. The summed E-state index contributed by atoms with van der Waals surface area (Å²) in [6.45, 7) is 0.369. The first-order valence-electron chi connectivity index (χ1n) is 5.54. The lowest BCUT2D eigenvalue weighted by Crippen LogP contribution is -2.09. The zero-order valence-electron chi connectivity index (χ0n) is 10.4. The van der Waals surface area contributed by atoms with Crippen molar-refractivity contribution in [3.63, 3.8) is 0 Å². The van der Waals surface area contributed by atoms with Crippen molar-refractivity contribution in [2.24, 2.45) is 0 Å². The molecule has 1 aromatic carbocycles. The number of nitrogens with zero attached hydrogens (tertiary/aromatic N) is 1. The number of benzene rings is 1. The zero-order chi connectivity index (χ0) is 13.1. The summed E-state index contributed by atoms with van der Waals surface area (Å²) in [5.41, 5.74) is 1.83. The maximum atomic E-state index is 11.5. The predicted molar refractivity (Wildman–Crippen MR) is 74.1 cm³/mol. The first kappa shape index (κ1) is 12.1. The van der Waals surface area contributed by atoms with E-state index in [1.165, 1.54) is 6.07 Å². The van der Waals surface area contributed by atoms with Crippen molar-refractivity contribution >= 4 is 22.3 Å². The third kappa shape index (κ3) is 2.30. The molecule has 1 N–H and O–H groups in total. The Balaban J connectivity index is 2.60. The average Bonchev–Trinajstić information content (AvgIpc) is 2.34. The van der Waals surface area contributed by atoms with E-state index in [0.29, 0.717) is 17.8 Å². The van der Waals surface area contributed by atoms with Gasteiger partial charge in [0.25, 0.3) is 0 Å². The lowest BCUT2D eigenvalue weighted by molar-refractivity contribution is 0.561. The van der Waals surface area contributed by atoms with E-state index in [4.69, 9.17) is 10.8 Å². The summed E-state index contributed by atoms with van der Waals surface area (Å²) >= 11 is 0. The quantitative estimate of drug-likeness (QED) is 0.659. The van der Waals surface area contributed by atoms with Crippen molar-refractivity contribution in [2.75, 3.05) is 30.9 Å². The molecule has 4 nitrogen and oxygen atoms in total. The summed E-state index contributed by atoms with van der Waals surface area (Å²) < 4.78 is 5.20. The number of fused-ring (bicyclic) bond motifs is 1. The smallest absolute Gasteiger partial charge is 0.338 e. The van der Waals surface area contributed by atoms with Crippen LogP contribution in [0.3, 0.4) is 0 Å². The molecule has 1 heterocycles. The second-order valence-electron chi connectivity index (χ2n) is 4.11. The van der Waals surface area contributed by atoms with Crippen LogP contribution < -0.4 is 15.8 Å². The van der Waals surface area contributed by atoms with E-state index in [9.17, 15) is 4.79 Å². The summed E-state index contributed by atoms with van der Waals surface area (Å²) in [7, 11) is 3.86. The SMILES string of the molecule is C#CCNc1cc(=O)oc2cc(N(C)C)ccc12. The zero-order valence-corrected chi connectivity index (χ0v) is 10.4. The van der Waals surface area contributed by atoms with E-state index in [-0.39, 0.29) is 0 Å². The highest BCUT2D eigenvalue weighted by Gasteiger charge is 2.06. The average molecular weight is 242 g/mol. The molecule has 0 saturated carbocycles. The van der Waals surface area contributed by atoms with Gasteiger partial charge in [-0.1, -0.05) is 5.92 Å². The molecule has 4 heteroatoms. The molecule has 1 aromatic heterocycles. The lowest BCUT2D eigenvalue weighted by atomic mass is 10.2. The van der Waals surface area contributed by atoms with Crippen LogP contribution in [0.15, 0.2) is 33.5 Å². The minimum Gasteiger partial charge on any atom is -0.423 e. The van der Waals surface area contributed by atoms with Crippen LogP contribution in [0.2, 0.25) is 0 Å². The molecule has 2 rings (SSSR count). The van der Waals surface area contributed by atoms with E-state index in [0.717, 1.165) is 11.1 Å². The molecule has 0 spiro atoms. The molecule has 0 amide bonds. The van der Waals surface area contributed by atoms with Crippen LogP contribution in [0.25, 0.3) is 11.0 Å². The molecule has 0 aliphatic rings. The number of nitrogens with one attached hydrogen (secondary N) is 1. The van der Waals surface area contributed by atoms with Crippen molar-refractivity contribution in [1.82, 2.24) is 0 Å². The van der Waals surface area contributed by atoms with Gasteiger partial charge in [-0.3, -0.25) is 0 Å². The third-order valence-electron chi connectivity index (χ3n) is 2.63. The Morgan fingerprint density at radius 3 is 2.83 bits per heavy atom. The van der Waals surface area contributed by atoms with Crippen LogP contribution in [-0.4, -0.2) is 20.6 Å². The van der Waals surface area contributed by atoms with Crippen LogP contribution in [0, 0.1) is 12.3 Å². The standard InChI is InChI=1S/C14H14N2O2/c1-4-7-15-12-9-14(17)18-13-8-10(16(2)3)5-6-11(12)13/h1,5-6,8-9,15H,7H2,2-3H3. The van der Waals surface area contributed by atoms with Crippen LogP contribution in [0.4, 0.5) is 11.4 Å². The van der Waals surface area contributed by atoms with Gasteiger partial charge in [0.1, 0.15) is 5.58 Å². The molecule has 0 atom stereocenters. The molecular formula is C14H14N2O2. The number of hydrogen-bond donors (Lipinski definition) is 1. The third-order valence-corrected chi connectivity index (χ3v) is 2.63. The second kappa shape index (κ2) is 4.84. The Morgan fingerprint density at radius 1 is 1.39 bits per heavy atom. The van der Waals surface area contributed by atoms with Gasteiger partial charge in [0.05, 0.1) is 12.2 Å². The van der Waals surface area contributed by atoms with E-state index in [2.05, 4.69) is 11.2 Å². The minimum atomic E-state index is -0.391. The Morgan fingerprint density at radius 2 is 2.17 bits per heavy atom. The van der Waals surface area contributed by atoms with Crippen molar-refractivity contribution in [2.45, 2.75) is 0 Å². The first-order chi connectivity index (χ1) is 8.61. The fraction of sp³-hybridized carbons (Fsp3) is 0.214. The molecule has 0 radical (unpaired) electrons. The fourth-order valence-corrected chi connectivity index (χ4v) is 1.72. The van der Waals surface area contributed by atoms with Crippen LogP contribution in [-0.2, 0) is 0 Å². The summed E-state index contributed by atoms with van der Waals surface area (Å²) in [5, 5.41) is 3.86. The summed E-state index contributed by atoms with van der Waals surface area (Å²) in [6.07, 6.45) is 5.20. The molecule has 0 bridgehead atoms. The predicted octanol–water partition coefficient (Wildman–Crippen LogP) is 1.90. The van der Waals surface area contributed by atoms with E-state index >= 15 is 0 Å². The Labute approximate surface area is 105 Å². The van der Waals surface area contributed by atoms with E-state index in [1.54, 1.807) is 0 Å². The van der Waals surface area contributed by atoms with Crippen LogP contribution >= 0.6 is 0 Å². The van der Waals surface area contributed by atoms with Gasteiger partial charge in [-0.25, -0.2) is 4.79 Å². The second-order valence-corrected chi connectivity index (χ2v) is 4.11. The molecular weight excluding hydrogens is 228 g/mol. The number of rotatable bonds is 3. The van der Waals surface area contributed by atoms with E-state index in [1.807, 2.05) is 37.2 Å². The minimum absolute atomic E-state index is 0.369. The summed E-state index contributed by atoms with van der Waals surface area (Å²) in [5.74, 6) is 2.48. The maximum absolute atomic E-state index is 11.5. The topological polar surface area (TPSA) is 45.5 Å². The maximum Gasteiger partial charge on any atom is 0.338 e. The van der Waals surface area contributed by atoms with Gasteiger partial charge in [0.2, 0.25) is 0 Å². The van der Waals surface area contributed by atoms with Crippen molar-refractivity contribution < 1.29 is 4.42 Å².